The van der Waals surface area contributed by atoms with Crippen LogP contribution in [-0.4, -0.2) is 61.6 Å². The van der Waals surface area contributed by atoms with Crippen LogP contribution in [0.15, 0.2) is 48.5 Å². The first kappa shape index (κ1) is 26.7. The van der Waals surface area contributed by atoms with Gasteiger partial charge in [-0.2, -0.15) is 0 Å². The summed E-state index contributed by atoms with van der Waals surface area (Å²) in [7, 11) is 3.63. The Hall–Kier alpha value is -4.70. The maximum Gasteiger partial charge on any atom is 0.338 e. The minimum atomic E-state index is -0.286. The number of esters is 1. The van der Waals surface area contributed by atoms with Gasteiger partial charge in [0.15, 0.2) is 5.82 Å². The largest absolute Gasteiger partial charge is 0.494 e. The summed E-state index contributed by atoms with van der Waals surface area (Å²) in [6.45, 7) is 1.87. The molecule has 228 valence electrons. The van der Waals surface area contributed by atoms with Gasteiger partial charge in [-0.15, -0.1) is 0 Å². The molecule has 2 aliphatic carbocycles. The molecular weight excluding hydrogens is 568 g/mol. The third-order valence-electron chi connectivity index (χ3n) is 10.4. The average Bonchev–Trinajstić information content (AvgIpc) is 3.26. The zero-order valence-corrected chi connectivity index (χ0v) is 25.3. The molecule has 4 aliphatic rings. The van der Waals surface area contributed by atoms with Crippen molar-refractivity contribution in [2.45, 2.75) is 50.9 Å². The Morgan fingerprint density at radius 3 is 2.69 bits per heavy atom. The van der Waals surface area contributed by atoms with E-state index in [4.69, 9.17) is 25.2 Å². The van der Waals surface area contributed by atoms with Crippen LogP contribution in [0.4, 0.5) is 0 Å². The van der Waals surface area contributed by atoms with Gasteiger partial charge in [0.2, 0.25) is 0 Å². The van der Waals surface area contributed by atoms with Crippen molar-refractivity contribution in [1.82, 2.24) is 24.0 Å². The number of cyclic esters (lactones) is 1. The number of likely N-dealkylation sites (tertiary alicyclic amines) is 1. The highest BCUT2D eigenvalue weighted by molar-refractivity contribution is 6.00. The molecule has 1 amide bonds. The van der Waals surface area contributed by atoms with E-state index in [-0.39, 0.29) is 24.0 Å². The van der Waals surface area contributed by atoms with Gasteiger partial charge in [-0.25, -0.2) is 14.8 Å². The van der Waals surface area contributed by atoms with Crippen LogP contribution in [0, 0.1) is 11.8 Å². The normalized spacial score (nSPS) is 22.1. The number of carbonyl (C=O) groups is 2. The number of aromatic nitrogens is 4. The van der Waals surface area contributed by atoms with Crippen molar-refractivity contribution in [2.24, 2.45) is 24.6 Å². The molecule has 10 heteroatoms. The summed E-state index contributed by atoms with van der Waals surface area (Å²) in [5.74, 6) is 2.08. The van der Waals surface area contributed by atoms with E-state index in [1.807, 2.05) is 48.3 Å². The number of methoxy groups -OCH3 is 1. The number of imidazole rings is 1. The van der Waals surface area contributed by atoms with Gasteiger partial charge in [0.25, 0.3) is 5.91 Å². The second kappa shape index (κ2) is 9.65. The lowest BCUT2D eigenvalue weighted by Gasteiger charge is -2.27. The van der Waals surface area contributed by atoms with E-state index >= 15 is 0 Å². The maximum atomic E-state index is 13.7. The Bertz CT molecular complexity index is 2070. The van der Waals surface area contributed by atoms with Gasteiger partial charge >= 0.3 is 5.97 Å². The van der Waals surface area contributed by atoms with Gasteiger partial charge in [-0.3, -0.25) is 4.79 Å². The fourth-order valence-corrected chi connectivity index (χ4v) is 7.76. The number of piperidine rings is 1. The Morgan fingerprint density at radius 1 is 1.07 bits per heavy atom. The highest BCUT2D eigenvalue weighted by Crippen LogP contribution is 2.40. The lowest BCUT2D eigenvalue weighted by Crippen LogP contribution is -2.41. The third-order valence-corrected chi connectivity index (χ3v) is 10.4. The van der Waals surface area contributed by atoms with Crippen LogP contribution in [0.5, 0.6) is 5.75 Å². The zero-order valence-electron chi connectivity index (χ0n) is 25.3. The van der Waals surface area contributed by atoms with Crippen molar-refractivity contribution in [3.8, 4) is 28.5 Å². The number of benzene rings is 2. The molecule has 0 unspecified atom stereocenters. The van der Waals surface area contributed by atoms with Gasteiger partial charge in [0.1, 0.15) is 23.5 Å². The molecule has 2 saturated carbocycles. The van der Waals surface area contributed by atoms with Gasteiger partial charge in [0.05, 0.1) is 29.6 Å². The molecule has 0 radical (unpaired) electrons. The molecular formula is C35H34N6O4. The summed E-state index contributed by atoms with van der Waals surface area (Å²) in [6, 6.07) is 16.0. The molecule has 3 aromatic heterocycles. The highest BCUT2D eigenvalue weighted by atomic mass is 16.5. The Kier molecular flexibility index (Phi) is 5.72. The summed E-state index contributed by atoms with van der Waals surface area (Å²) in [6.07, 6.45) is 4.44. The lowest BCUT2D eigenvalue weighted by molar-refractivity contribution is 0.0534. The van der Waals surface area contributed by atoms with Gasteiger partial charge in [-0.05, 0) is 73.9 Å². The number of hydrogen-bond acceptors (Lipinski definition) is 7. The number of carbonyl (C=O) groups excluding carboxylic acids is 2. The molecule has 5 heterocycles. The van der Waals surface area contributed by atoms with Crippen molar-refractivity contribution >= 4 is 33.9 Å². The summed E-state index contributed by atoms with van der Waals surface area (Å²) < 4.78 is 15.4. The molecule has 3 fully saturated rings. The topological polar surface area (TPSA) is 118 Å². The van der Waals surface area contributed by atoms with Crippen LogP contribution in [0.2, 0.25) is 0 Å². The summed E-state index contributed by atoms with van der Waals surface area (Å²) in [5.41, 5.74) is 13.6. The van der Waals surface area contributed by atoms with Crippen molar-refractivity contribution in [2.75, 3.05) is 13.7 Å². The molecule has 9 rings (SSSR count). The summed E-state index contributed by atoms with van der Waals surface area (Å²) >= 11 is 0. The van der Waals surface area contributed by atoms with Crippen LogP contribution in [-0.2, 0) is 24.9 Å². The number of amides is 1. The van der Waals surface area contributed by atoms with E-state index in [1.54, 1.807) is 7.11 Å². The molecule has 1 saturated heterocycles. The zero-order chi connectivity index (χ0) is 30.6. The van der Waals surface area contributed by atoms with E-state index in [1.165, 1.54) is 12.8 Å². The first-order valence-electron chi connectivity index (χ1n) is 15.8. The number of fused-ring (bicyclic) bond motifs is 5. The van der Waals surface area contributed by atoms with Crippen molar-refractivity contribution in [1.29, 1.82) is 0 Å². The van der Waals surface area contributed by atoms with E-state index < -0.39 is 0 Å². The first-order valence-corrected chi connectivity index (χ1v) is 15.8. The molecule has 10 nitrogen and oxygen atoms in total. The second-order valence-corrected chi connectivity index (χ2v) is 13.1. The van der Waals surface area contributed by atoms with E-state index in [9.17, 15) is 9.59 Å². The highest BCUT2D eigenvalue weighted by Gasteiger charge is 2.47. The second-order valence-electron chi connectivity index (χ2n) is 13.1. The SMILES string of the molecule is COc1cc(C(=O)N2C[C@H]3CC[C@@H]2[C@@H]3N)cc2nc(-c3cc4ccc(-c5ccc6c(c5)C(=O)OC6)nc4n3CC3CC3)n(C)c12. The minimum Gasteiger partial charge on any atom is -0.494 e. The van der Waals surface area contributed by atoms with Crippen molar-refractivity contribution in [3.05, 3.63) is 65.2 Å². The first-order chi connectivity index (χ1) is 21.9. The molecule has 2 aromatic carbocycles. The standard InChI is InChI=1S/C35H34N6O4/c1-39-31-26(12-23(14-29(31)44-2)34(42)41-16-21-8-10-27(41)30(21)36)38-33(39)28-13-20-7-9-25(37-32(20)40(28)15-18-3-4-18)19-5-6-22-17-45-35(43)24(22)11-19/h5-7,9,11-14,18,21,27,30H,3-4,8,10,15-17,36H2,1-2H3/t21-,27-,30-/m1/s1. The van der Waals surface area contributed by atoms with Crippen LogP contribution in [0.3, 0.4) is 0 Å². The number of rotatable bonds is 6. The predicted molar refractivity (Wildman–Crippen MR) is 169 cm³/mol. The van der Waals surface area contributed by atoms with Gasteiger partial charge in [0, 0.05) is 54.3 Å². The van der Waals surface area contributed by atoms with Crippen LogP contribution in [0.1, 0.15) is 52.0 Å². The van der Waals surface area contributed by atoms with Crippen molar-refractivity contribution in [3.63, 3.8) is 0 Å². The van der Waals surface area contributed by atoms with Crippen molar-refractivity contribution < 1.29 is 19.1 Å². The lowest BCUT2D eigenvalue weighted by atomic mass is 10.0. The smallest absolute Gasteiger partial charge is 0.338 e. The fourth-order valence-electron chi connectivity index (χ4n) is 7.76. The quantitative estimate of drug-likeness (QED) is 0.275. The predicted octanol–water partition coefficient (Wildman–Crippen LogP) is 4.91. The van der Waals surface area contributed by atoms with Gasteiger partial charge < -0.3 is 29.2 Å². The number of nitrogens with two attached hydrogens (primary N) is 1. The number of ether oxygens (including phenoxy) is 2. The van der Waals surface area contributed by atoms with Crippen LogP contribution >= 0.6 is 0 Å². The van der Waals surface area contributed by atoms with Crippen LogP contribution < -0.4 is 10.5 Å². The van der Waals surface area contributed by atoms with Gasteiger partial charge in [-0.1, -0.05) is 12.1 Å². The number of aryl methyl sites for hydroxylation is 1. The molecule has 3 atom stereocenters. The number of nitrogens with zero attached hydrogens (tertiary/aromatic N) is 5. The summed E-state index contributed by atoms with van der Waals surface area (Å²) in [4.78, 5) is 38.2. The Balaban J connectivity index is 1.15. The number of pyridine rings is 1. The Morgan fingerprint density at radius 2 is 1.93 bits per heavy atom. The minimum absolute atomic E-state index is 0.00977. The summed E-state index contributed by atoms with van der Waals surface area (Å²) in [5, 5.41) is 1.02. The molecule has 2 bridgehead atoms. The van der Waals surface area contributed by atoms with E-state index in [2.05, 4.69) is 21.3 Å². The van der Waals surface area contributed by atoms with E-state index in [0.717, 1.165) is 64.3 Å². The molecule has 5 aromatic rings. The van der Waals surface area contributed by atoms with Crippen LogP contribution in [0.25, 0.3) is 44.8 Å². The maximum absolute atomic E-state index is 13.7. The fraction of sp³-hybridized carbons (Fsp3) is 0.371. The third kappa shape index (κ3) is 4.04. The monoisotopic (exact) mass is 602 g/mol. The molecule has 2 aliphatic heterocycles. The molecule has 45 heavy (non-hydrogen) atoms. The van der Waals surface area contributed by atoms with E-state index in [0.29, 0.717) is 47.4 Å². The molecule has 0 spiro atoms. The Labute approximate surface area is 259 Å². The molecule has 2 N–H and O–H groups in total. The number of hydrogen-bond donors (Lipinski definition) is 1. The average molecular weight is 603 g/mol.